The molecule has 4 aromatic heterocycles. The predicted octanol–water partition coefficient (Wildman–Crippen LogP) is 3.26. The first-order chi connectivity index (χ1) is 18.1. The molecule has 0 unspecified atom stereocenters. The zero-order valence-electron chi connectivity index (χ0n) is 21.3. The van der Waals surface area contributed by atoms with Crippen molar-refractivity contribution in [2.45, 2.75) is 52.0 Å². The summed E-state index contributed by atoms with van der Waals surface area (Å²) in [7, 11) is 0. The molecule has 0 spiro atoms. The minimum absolute atomic E-state index is 0.433. The van der Waals surface area contributed by atoms with Crippen molar-refractivity contribution in [1.82, 2.24) is 24.5 Å². The molecule has 0 atom stereocenters. The number of aromatic nitrogens is 5. The van der Waals surface area contributed by atoms with Gasteiger partial charge in [0.15, 0.2) is 5.82 Å². The molecule has 5 heterocycles. The van der Waals surface area contributed by atoms with Crippen molar-refractivity contribution in [3.05, 3.63) is 47.5 Å². The molecule has 0 saturated carbocycles. The van der Waals surface area contributed by atoms with Gasteiger partial charge in [0.05, 0.1) is 30.0 Å². The molecule has 0 bridgehead atoms. The van der Waals surface area contributed by atoms with Crippen LogP contribution in [0.15, 0.2) is 30.5 Å². The van der Waals surface area contributed by atoms with Crippen molar-refractivity contribution in [1.29, 1.82) is 0 Å². The Morgan fingerprint density at radius 2 is 1.86 bits per heavy atom. The molecule has 0 aromatic carbocycles. The number of nitrogens with two attached hydrogens (primary N) is 2. The Hall–Kier alpha value is -3.79. The van der Waals surface area contributed by atoms with E-state index in [2.05, 4.69) is 26.4 Å². The highest BCUT2D eigenvalue weighted by Gasteiger charge is 2.19. The minimum atomic E-state index is -0.445. The summed E-state index contributed by atoms with van der Waals surface area (Å²) in [4.78, 5) is 33.1. The van der Waals surface area contributed by atoms with Gasteiger partial charge in [0.25, 0.3) is 5.91 Å². The molecule has 1 aliphatic rings. The molecular formula is C27H34N8O2. The maximum absolute atomic E-state index is 12.1. The number of unbranched alkanes of at least 4 members (excludes halogenated alkanes) is 2. The third-order valence-electron chi connectivity index (χ3n) is 6.90. The van der Waals surface area contributed by atoms with Gasteiger partial charge in [0, 0.05) is 32.3 Å². The van der Waals surface area contributed by atoms with Crippen molar-refractivity contribution >= 4 is 39.6 Å². The summed E-state index contributed by atoms with van der Waals surface area (Å²) < 4.78 is 7.71. The number of aryl methyl sites for hydroxylation is 3. The van der Waals surface area contributed by atoms with Gasteiger partial charge in [-0.2, -0.15) is 0 Å². The van der Waals surface area contributed by atoms with E-state index < -0.39 is 5.91 Å². The van der Waals surface area contributed by atoms with E-state index in [1.54, 1.807) is 12.3 Å². The van der Waals surface area contributed by atoms with Crippen LogP contribution in [-0.4, -0.2) is 56.7 Å². The van der Waals surface area contributed by atoms with E-state index in [-0.39, 0.29) is 0 Å². The lowest BCUT2D eigenvalue weighted by Gasteiger charge is -2.28. The fraction of sp³-hybridized carbons (Fsp3) is 0.444. The molecule has 4 aromatic rings. The van der Waals surface area contributed by atoms with Gasteiger partial charge in [0.1, 0.15) is 28.2 Å². The van der Waals surface area contributed by atoms with Crippen LogP contribution in [0.2, 0.25) is 0 Å². The Morgan fingerprint density at radius 1 is 1.03 bits per heavy atom. The van der Waals surface area contributed by atoms with Crippen LogP contribution in [-0.2, 0) is 24.1 Å². The zero-order chi connectivity index (χ0) is 25.8. The van der Waals surface area contributed by atoms with Crippen molar-refractivity contribution in [2.24, 2.45) is 5.73 Å². The number of anilines is 2. The summed E-state index contributed by atoms with van der Waals surface area (Å²) in [5.74, 6) is 1.86. The second-order valence-electron chi connectivity index (χ2n) is 9.43. The monoisotopic (exact) mass is 502 g/mol. The summed E-state index contributed by atoms with van der Waals surface area (Å²) in [5.41, 5.74) is 16.5. The molecular weight excluding hydrogens is 468 g/mol. The van der Waals surface area contributed by atoms with Gasteiger partial charge in [-0.1, -0.05) is 13.3 Å². The van der Waals surface area contributed by atoms with Crippen LogP contribution >= 0.6 is 0 Å². The molecule has 10 heteroatoms. The Bertz CT molecular complexity index is 1410. The van der Waals surface area contributed by atoms with E-state index in [4.69, 9.17) is 26.2 Å². The SMILES string of the molecule is CCCCc1nc2c(N)nc3cccnc3c2n1CCCCc1nc(N2CCOCC2)ccc1C(N)=O. The topological polar surface area (TPSA) is 138 Å². The lowest BCUT2D eigenvalue weighted by Crippen LogP contribution is -2.37. The van der Waals surface area contributed by atoms with Crippen molar-refractivity contribution in [3.8, 4) is 0 Å². The number of pyridine rings is 3. The highest BCUT2D eigenvalue weighted by Crippen LogP contribution is 2.28. The van der Waals surface area contributed by atoms with E-state index in [0.717, 1.165) is 85.6 Å². The molecule has 10 nitrogen and oxygen atoms in total. The van der Waals surface area contributed by atoms with Crippen LogP contribution in [0.25, 0.3) is 22.1 Å². The zero-order valence-corrected chi connectivity index (χ0v) is 21.3. The van der Waals surface area contributed by atoms with E-state index >= 15 is 0 Å². The standard InChI is InChI=1S/C27H34N8O2/c1-2-3-9-22-33-24-25(23-20(32-26(24)28)8-6-12-30-23)35(22)13-5-4-7-19-18(27(29)36)10-11-21(31-19)34-14-16-37-17-15-34/h6,8,10-12H,2-5,7,9,13-17H2,1H3,(H2,28,32)(H2,29,36). The van der Waals surface area contributed by atoms with Gasteiger partial charge in [-0.05, 0) is 49.9 Å². The predicted molar refractivity (Wildman–Crippen MR) is 145 cm³/mol. The Balaban J connectivity index is 1.38. The fourth-order valence-corrected chi connectivity index (χ4v) is 4.97. The Morgan fingerprint density at radius 3 is 2.65 bits per heavy atom. The van der Waals surface area contributed by atoms with Crippen LogP contribution < -0.4 is 16.4 Å². The fourth-order valence-electron chi connectivity index (χ4n) is 4.97. The van der Waals surface area contributed by atoms with Crippen LogP contribution in [0.4, 0.5) is 11.6 Å². The molecule has 0 radical (unpaired) electrons. The van der Waals surface area contributed by atoms with E-state index in [1.807, 2.05) is 18.2 Å². The first-order valence-corrected chi connectivity index (χ1v) is 13.1. The van der Waals surface area contributed by atoms with Gasteiger partial charge in [0.2, 0.25) is 0 Å². The molecule has 1 aliphatic heterocycles. The molecule has 37 heavy (non-hydrogen) atoms. The summed E-state index contributed by atoms with van der Waals surface area (Å²) in [6, 6.07) is 7.48. The largest absolute Gasteiger partial charge is 0.382 e. The third kappa shape index (κ3) is 5.20. The number of nitrogens with zero attached hydrogens (tertiary/aromatic N) is 6. The number of amides is 1. The summed E-state index contributed by atoms with van der Waals surface area (Å²) >= 11 is 0. The van der Waals surface area contributed by atoms with Gasteiger partial charge in [-0.15, -0.1) is 0 Å². The quantitative estimate of drug-likeness (QED) is 0.315. The van der Waals surface area contributed by atoms with Crippen LogP contribution in [0.1, 0.15) is 54.5 Å². The maximum Gasteiger partial charge on any atom is 0.250 e. The smallest absolute Gasteiger partial charge is 0.250 e. The number of fused-ring (bicyclic) bond motifs is 3. The average molecular weight is 503 g/mol. The summed E-state index contributed by atoms with van der Waals surface area (Å²) in [6.45, 7) is 5.87. The number of ether oxygens (including phenoxy) is 1. The van der Waals surface area contributed by atoms with Crippen LogP contribution in [0, 0.1) is 0 Å². The lowest BCUT2D eigenvalue weighted by molar-refractivity contribution is 0.0998. The minimum Gasteiger partial charge on any atom is -0.382 e. The highest BCUT2D eigenvalue weighted by atomic mass is 16.5. The van der Waals surface area contributed by atoms with E-state index in [1.165, 1.54) is 0 Å². The van der Waals surface area contributed by atoms with Crippen molar-refractivity contribution in [2.75, 3.05) is 36.9 Å². The first kappa shape index (κ1) is 24.9. The number of imidazole rings is 1. The first-order valence-electron chi connectivity index (χ1n) is 13.1. The van der Waals surface area contributed by atoms with E-state index in [0.29, 0.717) is 36.5 Å². The average Bonchev–Trinajstić information content (AvgIpc) is 3.29. The van der Waals surface area contributed by atoms with Crippen LogP contribution in [0.3, 0.4) is 0 Å². The third-order valence-corrected chi connectivity index (χ3v) is 6.90. The van der Waals surface area contributed by atoms with Crippen molar-refractivity contribution < 1.29 is 9.53 Å². The normalized spacial score (nSPS) is 14.0. The lowest BCUT2D eigenvalue weighted by atomic mass is 10.1. The molecule has 1 saturated heterocycles. The second-order valence-corrected chi connectivity index (χ2v) is 9.43. The van der Waals surface area contributed by atoms with Gasteiger partial charge in [-0.25, -0.2) is 15.0 Å². The van der Waals surface area contributed by atoms with Crippen LogP contribution in [0.5, 0.6) is 0 Å². The van der Waals surface area contributed by atoms with Crippen molar-refractivity contribution in [3.63, 3.8) is 0 Å². The van der Waals surface area contributed by atoms with Gasteiger partial charge in [-0.3, -0.25) is 9.78 Å². The number of hydrogen-bond donors (Lipinski definition) is 2. The molecule has 4 N–H and O–H groups in total. The number of morpholine rings is 1. The number of carbonyl (C=O) groups is 1. The number of hydrogen-bond acceptors (Lipinski definition) is 8. The summed E-state index contributed by atoms with van der Waals surface area (Å²) in [6.07, 6.45) is 7.16. The molecule has 0 aliphatic carbocycles. The van der Waals surface area contributed by atoms with Gasteiger partial charge >= 0.3 is 0 Å². The highest BCUT2D eigenvalue weighted by molar-refractivity contribution is 6.04. The molecule has 1 amide bonds. The number of rotatable bonds is 10. The number of primary amides is 1. The summed E-state index contributed by atoms with van der Waals surface area (Å²) in [5, 5.41) is 0. The molecule has 5 rings (SSSR count). The second kappa shape index (κ2) is 11.1. The molecule has 1 fully saturated rings. The maximum atomic E-state index is 12.1. The van der Waals surface area contributed by atoms with E-state index in [9.17, 15) is 4.79 Å². The molecule has 194 valence electrons. The Kier molecular flexibility index (Phi) is 7.45. The number of carbonyl (C=O) groups excluding carboxylic acids is 1. The number of nitrogen functional groups attached to an aromatic ring is 1. The van der Waals surface area contributed by atoms with Gasteiger partial charge < -0.3 is 25.7 Å². The Labute approximate surface area is 216 Å².